The minimum atomic E-state index is -0.963. The van der Waals surface area contributed by atoms with Crippen LogP contribution in [0.5, 0.6) is 5.75 Å². The van der Waals surface area contributed by atoms with Crippen LogP contribution in [-0.4, -0.2) is 16.1 Å². The lowest BCUT2D eigenvalue weighted by molar-refractivity contribution is -0.130. The highest BCUT2D eigenvalue weighted by Gasteiger charge is 2.17. The molecule has 0 fully saturated rings. The highest BCUT2D eigenvalue weighted by Crippen LogP contribution is 2.31. The quantitative estimate of drug-likeness (QED) is 0.245. The van der Waals surface area contributed by atoms with E-state index < -0.39 is 5.97 Å². The monoisotopic (exact) mass is 449 g/mol. The summed E-state index contributed by atoms with van der Waals surface area (Å²) in [6.45, 7) is 2.31. The smallest absolute Gasteiger partial charge is 0.336 e. The van der Waals surface area contributed by atoms with E-state index in [1.807, 2.05) is 43.3 Å². The van der Waals surface area contributed by atoms with Gasteiger partial charge in [-0.2, -0.15) is 0 Å². The van der Waals surface area contributed by atoms with Gasteiger partial charge in [0.25, 0.3) is 0 Å². The van der Waals surface area contributed by atoms with Crippen molar-refractivity contribution in [3.63, 3.8) is 0 Å². The average Bonchev–Trinajstić information content (AvgIpc) is 3.20. The Morgan fingerprint density at radius 2 is 1.68 bits per heavy atom. The van der Waals surface area contributed by atoms with Gasteiger partial charge in [0, 0.05) is 5.02 Å². The molecule has 0 saturated carbocycles. The second-order valence-electron chi connectivity index (χ2n) is 6.91. The van der Waals surface area contributed by atoms with Gasteiger partial charge in [0.05, 0.1) is 15.8 Å². The lowest BCUT2D eigenvalue weighted by atomic mass is 9.93. The number of para-hydroxylation sites is 1. The molecule has 4 rings (SSSR count). The molecule has 0 spiro atoms. The molecule has 156 valence electrons. The lowest BCUT2D eigenvalue weighted by Gasteiger charge is -2.13. The Labute approximate surface area is 189 Å². The van der Waals surface area contributed by atoms with Gasteiger partial charge in [0.1, 0.15) is 17.4 Å². The number of halogens is 1. The van der Waals surface area contributed by atoms with Gasteiger partial charge < -0.3 is 9.84 Å². The lowest BCUT2D eigenvalue weighted by Crippen LogP contribution is -2.04. The first-order valence-electron chi connectivity index (χ1n) is 9.85. The number of aromatic nitrogens is 1. The SMILES string of the molecule is CCC(=C(C(=O)O)c1ccc(OCc2nc3ccccc3s2)cc1)c1ccc(Cl)cc1. The summed E-state index contributed by atoms with van der Waals surface area (Å²) >= 11 is 7.59. The van der Waals surface area contributed by atoms with Crippen molar-refractivity contribution in [3.05, 3.63) is 94.0 Å². The number of carboxylic acids is 1. The second kappa shape index (κ2) is 9.33. The predicted octanol–water partition coefficient (Wildman–Crippen LogP) is 6.93. The molecule has 3 aromatic carbocycles. The van der Waals surface area contributed by atoms with Crippen LogP contribution in [0.4, 0.5) is 0 Å². The van der Waals surface area contributed by atoms with Crippen molar-refractivity contribution in [1.82, 2.24) is 4.98 Å². The zero-order chi connectivity index (χ0) is 21.8. The molecule has 1 aromatic heterocycles. The van der Waals surface area contributed by atoms with Gasteiger partial charge in [0.2, 0.25) is 0 Å². The number of rotatable bonds is 7. The van der Waals surface area contributed by atoms with Crippen LogP contribution in [0.2, 0.25) is 5.02 Å². The maximum atomic E-state index is 12.1. The molecule has 0 amide bonds. The second-order valence-corrected chi connectivity index (χ2v) is 8.46. The van der Waals surface area contributed by atoms with Gasteiger partial charge in [-0.15, -0.1) is 11.3 Å². The summed E-state index contributed by atoms with van der Waals surface area (Å²) in [6, 6.07) is 22.4. The minimum absolute atomic E-state index is 0.280. The number of aliphatic carboxylic acids is 1. The molecular weight excluding hydrogens is 430 g/mol. The fourth-order valence-corrected chi connectivity index (χ4v) is 4.45. The standard InChI is InChI=1S/C25H20ClNO3S/c1-2-20(16-7-11-18(26)12-8-16)24(25(28)29)17-9-13-19(14-10-17)30-15-23-27-21-5-3-4-6-22(21)31-23/h3-14H,2,15H2,1H3,(H,28,29). The summed E-state index contributed by atoms with van der Waals surface area (Å²) in [5.74, 6) is -0.299. The maximum Gasteiger partial charge on any atom is 0.336 e. The van der Waals surface area contributed by atoms with E-state index in [0.717, 1.165) is 26.4 Å². The molecule has 6 heteroatoms. The Morgan fingerprint density at radius 3 is 2.32 bits per heavy atom. The minimum Gasteiger partial charge on any atom is -0.486 e. The van der Waals surface area contributed by atoms with Crippen molar-refractivity contribution in [1.29, 1.82) is 0 Å². The number of benzene rings is 3. The van der Waals surface area contributed by atoms with Gasteiger partial charge in [-0.1, -0.05) is 54.9 Å². The third-order valence-electron chi connectivity index (χ3n) is 4.91. The summed E-state index contributed by atoms with van der Waals surface area (Å²) in [5.41, 5.74) is 3.48. The maximum absolute atomic E-state index is 12.1. The van der Waals surface area contributed by atoms with Crippen molar-refractivity contribution in [2.75, 3.05) is 0 Å². The Balaban J connectivity index is 1.57. The average molecular weight is 450 g/mol. The normalized spacial score (nSPS) is 11.9. The fourth-order valence-electron chi connectivity index (χ4n) is 3.45. The van der Waals surface area contributed by atoms with E-state index in [1.165, 1.54) is 0 Å². The molecule has 31 heavy (non-hydrogen) atoms. The first-order chi connectivity index (χ1) is 15.0. The third-order valence-corrected chi connectivity index (χ3v) is 6.17. The van der Waals surface area contributed by atoms with E-state index >= 15 is 0 Å². The number of carboxylic acid groups (broad SMARTS) is 1. The van der Waals surface area contributed by atoms with Crippen LogP contribution in [0.15, 0.2) is 72.8 Å². The number of ether oxygens (including phenoxy) is 1. The highest BCUT2D eigenvalue weighted by molar-refractivity contribution is 7.18. The number of thiazole rings is 1. The number of fused-ring (bicyclic) bond motifs is 1. The van der Waals surface area contributed by atoms with Crippen LogP contribution in [0.3, 0.4) is 0 Å². The zero-order valence-electron chi connectivity index (χ0n) is 16.8. The van der Waals surface area contributed by atoms with Crippen LogP contribution >= 0.6 is 22.9 Å². The van der Waals surface area contributed by atoms with Gasteiger partial charge in [-0.05, 0) is 59.5 Å². The number of hydrogen-bond acceptors (Lipinski definition) is 4. The van der Waals surface area contributed by atoms with Crippen molar-refractivity contribution in [3.8, 4) is 5.75 Å². The van der Waals surface area contributed by atoms with E-state index in [0.29, 0.717) is 29.4 Å². The number of hydrogen-bond donors (Lipinski definition) is 1. The van der Waals surface area contributed by atoms with Crippen molar-refractivity contribution in [2.24, 2.45) is 0 Å². The molecule has 0 aliphatic heterocycles. The van der Waals surface area contributed by atoms with Gasteiger partial charge in [-0.3, -0.25) is 0 Å². The summed E-state index contributed by atoms with van der Waals surface area (Å²) in [4.78, 5) is 16.7. The Morgan fingerprint density at radius 1 is 1.00 bits per heavy atom. The zero-order valence-corrected chi connectivity index (χ0v) is 18.4. The molecule has 1 N–H and O–H groups in total. The third kappa shape index (κ3) is 4.79. The summed E-state index contributed by atoms with van der Waals surface area (Å²) in [6.07, 6.45) is 0.582. The highest BCUT2D eigenvalue weighted by atomic mass is 35.5. The predicted molar refractivity (Wildman–Crippen MR) is 127 cm³/mol. The fraction of sp³-hybridized carbons (Fsp3) is 0.120. The van der Waals surface area contributed by atoms with Gasteiger partial charge in [0.15, 0.2) is 0 Å². The van der Waals surface area contributed by atoms with Crippen LogP contribution in [0.1, 0.15) is 29.5 Å². The Bertz CT molecular complexity index is 1210. The Hall–Kier alpha value is -3.15. The Kier molecular flexibility index (Phi) is 6.35. The van der Waals surface area contributed by atoms with Crippen molar-refractivity contribution >= 4 is 50.3 Å². The first kappa shape index (κ1) is 21.1. The molecule has 0 aliphatic rings. The summed E-state index contributed by atoms with van der Waals surface area (Å²) in [5, 5.41) is 11.4. The molecule has 0 aliphatic carbocycles. The number of nitrogens with zero attached hydrogens (tertiary/aromatic N) is 1. The largest absolute Gasteiger partial charge is 0.486 e. The molecule has 1 heterocycles. The molecule has 0 saturated heterocycles. The van der Waals surface area contributed by atoms with Crippen molar-refractivity contribution < 1.29 is 14.6 Å². The molecule has 4 aromatic rings. The summed E-state index contributed by atoms with van der Waals surface area (Å²) < 4.78 is 7.00. The molecular formula is C25H20ClNO3S. The van der Waals surface area contributed by atoms with Gasteiger partial charge in [-0.25, -0.2) is 9.78 Å². The van der Waals surface area contributed by atoms with Crippen LogP contribution < -0.4 is 4.74 Å². The van der Waals surface area contributed by atoms with E-state index in [4.69, 9.17) is 16.3 Å². The number of carbonyl (C=O) groups is 1. The van der Waals surface area contributed by atoms with Gasteiger partial charge >= 0.3 is 5.97 Å². The molecule has 0 unspecified atom stereocenters. The topological polar surface area (TPSA) is 59.4 Å². The van der Waals surface area contributed by atoms with Crippen LogP contribution in [0, 0.1) is 0 Å². The van der Waals surface area contributed by atoms with E-state index in [1.54, 1.807) is 47.7 Å². The molecule has 0 atom stereocenters. The molecule has 0 radical (unpaired) electrons. The molecule has 4 nitrogen and oxygen atoms in total. The summed E-state index contributed by atoms with van der Waals surface area (Å²) in [7, 11) is 0. The molecule has 0 bridgehead atoms. The van der Waals surface area contributed by atoms with E-state index in [2.05, 4.69) is 4.98 Å². The van der Waals surface area contributed by atoms with Crippen LogP contribution in [-0.2, 0) is 11.4 Å². The van der Waals surface area contributed by atoms with E-state index in [9.17, 15) is 9.90 Å². The van der Waals surface area contributed by atoms with Crippen molar-refractivity contribution in [2.45, 2.75) is 20.0 Å². The van der Waals surface area contributed by atoms with E-state index in [-0.39, 0.29) is 5.57 Å². The van der Waals surface area contributed by atoms with Crippen LogP contribution in [0.25, 0.3) is 21.4 Å². The first-order valence-corrected chi connectivity index (χ1v) is 11.0. The number of allylic oxidation sites excluding steroid dienone is 1.